The van der Waals surface area contributed by atoms with Gasteiger partial charge in [-0.1, -0.05) is 0 Å². The van der Waals surface area contributed by atoms with Crippen molar-refractivity contribution in [2.75, 3.05) is 6.61 Å². The lowest BCUT2D eigenvalue weighted by atomic mass is 9.82. The minimum atomic E-state index is -0.0234. The minimum absolute atomic E-state index is 0.0234. The topological polar surface area (TPSA) is 27.1 Å². The molecule has 1 saturated heterocycles. The van der Waals surface area contributed by atoms with Crippen LogP contribution >= 0.6 is 33.9 Å². The van der Waals surface area contributed by atoms with Crippen LogP contribution in [0.4, 0.5) is 0 Å². The fraction of sp³-hybridized carbons (Fsp3) is 0.533. The number of ether oxygens (including phenoxy) is 1. The summed E-state index contributed by atoms with van der Waals surface area (Å²) in [4.78, 5) is 5.70. The number of thiophene rings is 1. The highest BCUT2D eigenvalue weighted by Gasteiger charge is 2.36. The summed E-state index contributed by atoms with van der Waals surface area (Å²) in [7, 11) is 0. The Hall–Kier alpha value is -0.400. The maximum atomic E-state index is 5.89. The Bertz CT molecular complexity index is 564. The molecule has 0 N–H and O–H groups in total. The van der Waals surface area contributed by atoms with E-state index < -0.39 is 0 Å². The molecular weight excluding hydrogens is 383 g/mol. The van der Waals surface area contributed by atoms with Gasteiger partial charge in [0, 0.05) is 27.4 Å². The van der Waals surface area contributed by atoms with E-state index in [1.807, 2.05) is 23.9 Å². The van der Waals surface area contributed by atoms with Crippen LogP contribution in [-0.2, 0) is 4.74 Å². The highest BCUT2D eigenvalue weighted by Crippen LogP contribution is 2.41. The number of hydrogen-bond donors (Lipinski definition) is 0. The highest BCUT2D eigenvalue weighted by atomic mass is 127. The van der Waals surface area contributed by atoms with Crippen molar-refractivity contribution >= 4 is 33.9 Å². The van der Waals surface area contributed by atoms with Gasteiger partial charge in [-0.2, -0.15) is 0 Å². The van der Waals surface area contributed by atoms with Gasteiger partial charge in [-0.05, 0) is 66.6 Å². The largest absolute Gasteiger partial charge is 0.376 e. The molecule has 3 heterocycles. The number of rotatable bonds is 3. The minimum Gasteiger partial charge on any atom is -0.376 e. The van der Waals surface area contributed by atoms with Crippen LogP contribution in [0.2, 0.25) is 0 Å². The molecule has 2 unspecified atom stereocenters. The Labute approximate surface area is 137 Å². The van der Waals surface area contributed by atoms with Crippen molar-refractivity contribution in [2.45, 2.75) is 38.3 Å². The molecular formula is C15H19IN2OS. The molecule has 0 radical (unpaired) electrons. The second-order valence-corrected chi connectivity index (χ2v) is 8.06. The Morgan fingerprint density at radius 1 is 1.55 bits per heavy atom. The summed E-state index contributed by atoms with van der Waals surface area (Å²) in [6.45, 7) is 5.25. The molecule has 1 aliphatic heterocycles. The quantitative estimate of drug-likeness (QED) is 0.715. The molecule has 0 aliphatic carbocycles. The lowest BCUT2D eigenvalue weighted by molar-refractivity contribution is -0.0782. The average molecular weight is 402 g/mol. The van der Waals surface area contributed by atoms with E-state index >= 15 is 0 Å². The van der Waals surface area contributed by atoms with Crippen LogP contribution in [-0.4, -0.2) is 21.8 Å². The number of nitrogens with zero attached hydrogens (tertiary/aromatic N) is 2. The monoisotopic (exact) mass is 402 g/mol. The number of hydrogen-bond acceptors (Lipinski definition) is 3. The van der Waals surface area contributed by atoms with Crippen molar-refractivity contribution in [3.63, 3.8) is 0 Å². The van der Waals surface area contributed by atoms with Gasteiger partial charge in [0.1, 0.15) is 0 Å². The molecule has 3 nitrogen and oxygen atoms in total. The lowest BCUT2D eigenvalue weighted by Crippen LogP contribution is -2.37. The van der Waals surface area contributed by atoms with Crippen molar-refractivity contribution in [3.8, 4) is 0 Å². The van der Waals surface area contributed by atoms with Gasteiger partial charge in [0.05, 0.1) is 18.0 Å². The van der Waals surface area contributed by atoms with Crippen molar-refractivity contribution in [3.05, 3.63) is 38.6 Å². The predicted molar refractivity (Wildman–Crippen MR) is 90.2 cm³/mol. The van der Waals surface area contributed by atoms with E-state index in [1.54, 1.807) is 0 Å². The smallest absolute Gasteiger partial charge is 0.0952 e. The molecule has 2 aromatic rings. The molecule has 2 aromatic heterocycles. The predicted octanol–water partition coefficient (Wildman–Crippen LogP) is 4.34. The van der Waals surface area contributed by atoms with Crippen molar-refractivity contribution in [2.24, 2.45) is 5.92 Å². The SMILES string of the molecule is CC1(C)CC(C(c2sccc2I)n2ccnc2)CCO1. The van der Waals surface area contributed by atoms with Crippen LogP contribution in [0.15, 0.2) is 30.2 Å². The Balaban J connectivity index is 1.96. The molecule has 0 bridgehead atoms. The molecule has 0 spiro atoms. The van der Waals surface area contributed by atoms with Crippen molar-refractivity contribution in [1.29, 1.82) is 0 Å². The van der Waals surface area contributed by atoms with E-state index in [0.717, 1.165) is 19.4 Å². The van der Waals surface area contributed by atoms with E-state index in [1.165, 1.54) is 8.45 Å². The molecule has 108 valence electrons. The standard InChI is InChI=1S/C15H19IN2OS/c1-15(2)9-11(3-7-19-15)13(18-6-5-17-10-18)14-12(16)4-8-20-14/h4-6,8,10-11,13H,3,7,9H2,1-2H3. The van der Waals surface area contributed by atoms with Gasteiger partial charge in [-0.15, -0.1) is 11.3 Å². The second-order valence-electron chi connectivity index (χ2n) is 5.95. The molecule has 1 fully saturated rings. The van der Waals surface area contributed by atoms with Crippen LogP contribution in [0.25, 0.3) is 0 Å². The summed E-state index contributed by atoms with van der Waals surface area (Å²) >= 11 is 4.30. The molecule has 5 heteroatoms. The second kappa shape index (κ2) is 5.77. The summed E-state index contributed by atoms with van der Waals surface area (Å²) in [5.74, 6) is 0.597. The number of aromatic nitrogens is 2. The maximum Gasteiger partial charge on any atom is 0.0952 e. The lowest BCUT2D eigenvalue weighted by Gasteiger charge is -2.39. The summed E-state index contributed by atoms with van der Waals surface area (Å²) in [6, 6.07) is 2.59. The Kier molecular flexibility index (Phi) is 4.19. The van der Waals surface area contributed by atoms with Crippen molar-refractivity contribution in [1.82, 2.24) is 9.55 Å². The zero-order chi connectivity index (χ0) is 14.2. The van der Waals surface area contributed by atoms with Gasteiger partial charge in [0.2, 0.25) is 0 Å². The summed E-state index contributed by atoms with van der Waals surface area (Å²) in [5, 5.41) is 2.19. The van der Waals surface area contributed by atoms with Crippen LogP contribution in [0.1, 0.15) is 37.6 Å². The van der Waals surface area contributed by atoms with E-state index in [2.05, 4.69) is 63.6 Å². The maximum absolute atomic E-state index is 5.89. The zero-order valence-corrected chi connectivity index (χ0v) is 14.7. The van der Waals surface area contributed by atoms with Gasteiger partial charge in [-0.3, -0.25) is 0 Å². The number of halogens is 1. The first-order valence-electron chi connectivity index (χ1n) is 6.91. The first-order chi connectivity index (χ1) is 9.57. The normalized spacial score (nSPS) is 23.6. The highest BCUT2D eigenvalue weighted by molar-refractivity contribution is 14.1. The van der Waals surface area contributed by atoms with Gasteiger partial charge in [0.25, 0.3) is 0 Å². The third-order valence-corrected chi connectivity index (χ3v) is 6.24. The van der Waals surface area contributed by atoms with Gasteiger partial charge >= 0.3 is 0 Å². The van der Waals surface area contributed by atoms with Crippen LogP contribution in [0, 0.1) is 9.49 Å². The zero-order valence-electron chi connectivity index (χ0n) is 11.8. The van der Waals surface area contributed by atoms with Gasteiger partial charge in [-0.25, -0.2) is 4.98 Å². The van der Waals surface area contributed by atoms with Gasteiger partial charge < -0.3 is 9.30 Å². The number of imidazole rings is 1. The third-order valence-electron chi connectivity index (χ3n) is 3.94. The van der Waals surface area contributed by atoms with E-state index in [9.17, 15) is 0 Å². The summed E-state index contributed by atoms with van der Waals surface area (Å²) in [5.41, 5.74) is -0.0234. The average Bonchev–Trinajstić information content (AvgIpc) is 3.02. The third kappa shape index (κ3) is 2.94. The molecule has 3 rings (SSSR count). The Morgan fingerprint density at radius 3 is 3.00 bits per heavy atom. The van der Waals surface area contributed by atoms with Crippen LogP contribution in [0.5, 0.6) is 0 Å². The van der Waals surface area contributed by atoms with E-state index in [-0.39, 0.29) is 5.60 Å². The molecule has 0 saturated carbocycles. The fourth-order valence-corrected chi connectivity index (χ4v) is 5.20. The molecule has 0 amide bonds. The molecule has 1 aliphatic rings. The van der Waals surface area contributed by atoms with Gasteiger partial charge in [0.15, 0.2) is 0 Å². The van der Waals surface area contributed by atoms with E-state index in [4.69, 9.17) is 4.74 Å². The van der Waals surface area contributed by atoms with Crippen molar-refractivity contribution < 1.29 is 4.74 Å². The van der Waals surface area contributed by atoms with E-state index in [0.29, 0.717) is 12.0 Å². The fourth-order valence-electron chi connectivity index (χ4n) is 3.09. The summed E-state index contributed by atoms with van der Waals surface area (Å²) in [6.07, 6.45) is 8.11. The Morgan fingerprint density at radius 2 is 2.40 bits per heavy atom. The molecule has 0 aromatic carbocycles. The van der Waals surface area contributed by atoms with Crippen LogP contribution in [0.3, 0.4) is 0 Å². The van der Waals surface area contributed by atoms with Crippen LogP contribution < -0.4 is 0 Å². The summed E-state index contributed by atoms with van der Waals surface area (Å²) < 4.78 is 9.51. The first kappa shape index (κ1) is 14.5. The molecule has 2 atom stereocenters. The first-order valence-corrected chi connectivity index (χ1v) is 8.87. The molecule has 20 heavy (non-hydrogen) atoms.